The van der Waals surface area contributed by atoms with Gasteiger partial charge in [0.15, 0.2) is 8.32 Å². The molecule has 1 atom stereocenters. The predicted molar refractivity (Wildman–Crippen MR) is 100 cm³/mol. The van der Waals surface area contributed by atoms with Gasteiger partial charge in [-0.15, -0.1) is 0 Å². The molecule has 0 bridgehead atoms. The van der Waals surface area contributed by atoms with Crippen molar-refractivity contribution in [1.82, 2.24) is 4.57 Å². The summed E-state index contributed by atoms with van der Waals surface area (Å²) in [5.74, 6) is 0. The quantitative estimate of drug-likeness (QED) is 0.572. The largest absolute Gasteiger partial charge is 0.417 e. The van der Waals surface area contributed by atoms with Crippen molar-refractivity contribution in [3.05, 3.63) is 48.5 Å². The summed E-state index contributed by atoms with van der Waals surface area (Å²) in [5.41, 5.74) is 2.73. The Morgan fingerprint density at radius 1 is 0.957 bits per heavy atom. The average molecular weight is 324 g/mol. The number of hydrogen-bond donors (Lipinski definition) is 0. The fourth-order valence-corrected chi connectivity index (χ4v) is 7.12. The van der Waals surface area contributed by atoms with Crippen LogP contribution in [-0.2, 0) is 11.0 Å². The summed E-state index contributed by atoms with van der Waals surface area (Å²) in [6.45, 7) is 4.52. The number of aryl methyl sites for hydroxylation is 1. The summed E-state index contributed by atoms with van der Waals surface area (Å²) >= 11 is 0. The summed E-state index contributed by atoms with van der Waals surface area (Å²) < 4.78 is 8.69. The van der Waals surface area contributed by atoms with Crippen LogP contribution in [0.4, 0.5) is 0 Å². The summed E-state index contributed by atoms with van der Waals surface area (Å²) in [6, 6.07) is 20.2. The molecule has 3 aromatic rings. The van der Waals surface area contributed by atoms with Crippen LogP contribution >= 0.6 is 0 Å². The van der Waals surface area contributed by atoms with E-state index in [1.165, 1.54) is 53.2 Å². The van der Waals surface area contributed by atoms with Gasteiger partial charge in [0, 0.05) is 35.0 Å². The zero-order valence-corrected chi connectivity index (χ0v) is 14.9. The minimum atomic E-state index is -1.42. The molecule has 2 heterocycles. The first-order valence-electron chi connectivity index (χ1n) is 8.87. The molecule has 1 aliphatic heterocycles. The molecule has 1 saturated heterocycles. The van der Waals surface area contributed by atoms with Crippen LogP contribution in [0.3, 0.4) is 0 Å². The van der Waals surface area contributed by atoms with Gasteiger partial charge in [-0.25, -0.2) is 0 Å². The Hall–Kier alpha value is -1.58. The van der Waals surface area contributed by atoms with Crippen molar-refractivity contribution in [2.24, 2.45) is 0 Å². The van der Waals surface area contributed by atoms with Crippen molar-refractivity contribution < 1.29 is 4.43 Å². The molecular formula is C20H25NOSi. The Bertz CT molecular complexity index is 763. The highest BCUT2D eigenvalue weighted by Gasteiger charge is 2.30. The Morgan fingerprint density at radius 2 is 1.61 bits per heavy atom. The van der Waals surface area contributed by atoms with Crippen molar-refractivity contribution in [1.29, 1.82) is 0 Å². The molecule has 1 unspecified atom stereocenters. The number of para-hydroxylation sites is 2. The van der Waals surface area contributed by atoms with E-state index >= 15 is 0 Å². The van der Waals surface area contributed by atoms with E-state index in [1.54, 1.807) is 0 Å². The zero-order valence-electron chi connectivity index (χ0n) is 13.9. The van der Waals surface area contributed by atoms with E-state index in [4.69, 9.17) is 4.43 Å². The van der Waals surface area contributed by atoms with Crippen LogP contribution in [0.2, 0.25) is 18.6 Å². The van der Waals surface area contributed by atoms with Crippen LogP contribution in [0.5, 0.6) is 0 Å². The fraction of sp³-hybridized carbons (Fsp3) is 0.400. The molecule has 0 aliphatic carbocycles. The average Bonchev–Trinajstić information content (AvgIpc) is 2.90. The van der Waals surface area contributed by atoms with Gasteiger partial charge in [-0.2, -0.15) is 0 Å². The monoisotopic (exact) mass is 323 g/mol. The van der Waals surface area contributed by atoms with Gasteiger partial charge >= 0.3 is 0 Å². The van der Waals surface area contributed by atoms with Crippen molar-refractivity contribution in [2.45, 2.75) is 44.4 Å². The van der Waals surface area contributed by atoms with Crippen molar-refractivity contribution in [3.8, 4) is 0 Å². The number of hydrogen-bond acceptors (Lipinski definition) is 1. The summed E-state index contributed by atoms with van der Waals surface area (Å²) in [5, 5.41) is 2.75. The summed E-state index contributed by atoms with van der Waals surface area (Å²) in [4.78, 5) is 0. The smallest absolute Gasteiger partial charge is 0.189 e. The van der Waals surface area contributed by atoms with Gasteiger partial charge in [0.25, 0.3) is 0 Å². The van der Waals surface area contributed by atoms with E-state index < -0.39 is 8.32 Å². The molecule has 4 rings (SSSR count). The lowest BCUT2D eigenvalue weighted by molar-refractivity contribution is 0.269. The third-order valence-electron chi connectivity index (χ3n) is 5.32. The first kappa shape index (κ1) is 15.0. The summed E-state index contributed by atoms with van der Waals surface area (Å²) in [6.07, 6.45) is 3.86. The maximum absolute atomic E-state index is 6.19. The molecule has 0 N–H and O–H groups in total. The minimum Gasteiger partial charge on any atom is -0.417 e. The third kappa shape index (κ3) is 2.84. The second-order valence-electron chi connectivity index (χ2n) is 7.04. The van der Waals surface area contributed by atoms with Crippen LogP contribution in [0.1, 0.15) is 19.3 Å². The summed E-state index contributed by atoms with van der Waals surface area (Å²) in [7, 11) is -1.42. The highest BCUT2D eigenvalue weighted by atomic mass is 28.4. The number of benzene rings is 2. The second-order valence-corrected chi connectivity index (χ2v) is 11.2. The van der Waals surface area contributed by atoms with Crippen molar-refractivity contribution in [3.63, 3.8) is 0 Å². The molecule has 0 spiro atoms. The molecule has 0 radical (unpaired) electrons. The minimum absolute atomic E-state index is 0.998. The van der Waals surface area contributed by atoms with Gasteiger partial charge in [0.2, 0.25) is 0 Å². The lowest BCUT2D eigenvalue weighted by Crippen LogP contribution is -2.37. The van der Waals surface area contributed by atoms with Gasteiger partial charge in [-0.05, 0) is 43.6 Å². The van der Waals surface area contributed by atoms with E-state index in [9.17, 15) is 0 Å². The highest BCUT2D eigenvalue weighted by molar-refractivity contribution is 6.72. The molecule has 23 heavy (non-hydrogen) atoms. The molecular weight excluding hydrogens is 298 g/mol. The van der Waals surface area contributed by atoms with Gasteiger partial charge < -0.3 is 8.99 Å². The maximum atomic E-state index is 6.19. The molecule has 1 aliphatic rings. The first-order valence-corrected chi connectivity index (χ1v) is 11.7. The first-order chi connectivity index (χ1) is 11.3. The SMILES string of the molecule is C[Si]1(CCCn2c3ccccc3c3ccccc32)CCCCO1. The lowest BCUT2D eigenvalue weighted by Gasteiger charge is -2.31. The zero-order chi connectivity index (χ0) is 15.7. The maximum Gasteiger partial charge on any atom is 0.189 e. The highest BCUT2D eigenvalue weighted by Crippen LogP contribution is 2.31. The van der Waals surface area contributed by atoms with E-state index in [0.717, 1.165) is 13.2 Å². The van der Waals surface area contributed by atoms with Crippen LogP contribution in [-0.4, -0.2) is 19.5 Å². The van der Waals surface area contributed by atoms with Crippen molar-refractivity contribution >= 4 is 30.1 Å². The molecule has 120 valence electrons. The van der Waals surface area contributed by atoms with E-state index in [1.807, 2.05) is 0 Å². The van der Waals surface area contributed by atoms with Crippen LogP contribution in [0.25, 0.3) is 21.8 Å². The predicted octanol–water partition coefficient (Wildman–Crippen LogP) is 5.57. The van der Waals surface area contributed by atoms with Gasteiger partial charge in [0.05, 0.1) is 0 Å². The van der Waals surface area contributed by atoms with E-state index in [2.05, 4.69) is 59.6 Å². The number of rotatable bonds is 4. The second kappa shape index (κ2) is 6.14. The Kier molecular flexibility index (Phi) is 4.00. The van der Waals surface area contributed by atoms with Crippen LogP contribution < -0.4 is 0 Å². The molecule has 1 aromatic heterocycles. The topological polar surface area (TPSA) is 14.2 Å². The lowest BCUT2D eigenvalue weighted by atomic mass is 10.2. The molecule has 2 aromatic carbocycles. The molecule has 3 heteroatoms. The number of fused-ring (bicyclic) bond motifs is 3. The normalized spacial score (nSPS) is 22.0. The number of aromatic nitrogens is 1. The van der Waals surface area contributed by atoms with Gasteiger partial charge in [-0.1, -0.05) is 42.8 Å². The number of nitrogens with zero attached hydrogens (tertiary/aromatic N) is 1. The standard InChI is InChI=1S/C20H25NOSi/c1-23(15-7-6-14-22-23)16-8-13-21-19-11-4-2-9-17(19)18-10-3-5-12-20(18)21/h2-5,9-12H,6-8,13-16H2,1H3. The van der Waals surface area contributed by atoms with Gasteiger partial charge in [-0.3, -0.25) is 0 Å². The molecule has 2 nitrogen and oxygen atoms in total. The molecule has 0 saturated carbocycles. The Balaban J connectivity index is 1.60. The van der Waals surface area contributed by atoms with Crippen LogP contribution in [0.15, 0.2) is 48.5 Å². The van der Waals surface area contributed by atoms with E-state index in [-0.39, 0.29) is 0 Å². The Labute approximate surface area is 139 Å². The van der Waals surface area contributed by atoms with Crippen molar-refractivity contribution in [2.75, 3.05) is 6.61 Å². The third-order valence-corrected chi connectivity index (χ3v) is 9.04. The molecule has 0 amide bonds. The van der Waals surface area contributed by atoms with Crippen LogP contribution in [0, 0.1) is 0 Å². The Morgan fingerprint density at radius 3 is 2.22 bits per heavy atom. The molecule has 1 fully saturated rings. The van der Waals surface area contributed by atoms with E-state index in [0.29, 0.717) is 0 Å². The van der Waals surface area contributed by atoms with Gasteiger partial charge in [0.1, 0.15) is 0 Å². The fourth-order valence-electron chi connectivity index (χ4n) is 4.04.